The topological polar surface area (TPSA) is 6.48 Å². The first-order chi connectivity index (χ1) is 11.2. The molecule has 2 nitrogen and oxygen atoms in total. The zero-order valence-corrected chi connectivity index (χ0v) is 15.8. The fraction of sp³-hybridized carbons (Fsp3) is 0.684. The average molecular weight is 357 g/mol. The second-order valence-electron chi connectivity index (χ2n) is 6.59. The van der Waals surface area contributed by atoms with E-state index < -0.39 is 0 Å². The number of hydrogen-bond acceptors (Lipinski definition) is 2. The summed E-state index contributed by atoms with van der Waals surface area (Å²) in [5.41, 5.74) is 2.71. The van der Waals surface area contributed by atoms with Crippen LogP contribution in [0.4, 0.5) is 0 Å². The van der Waals surface area contributed by atoms with Crippen LogP contribution in [0.2, 0.25) is 0 Å². The van der Waals surface area contributed by atoms with E-state index in [0.29, 0.717) is 11.8 Å². The van der Waals surface area contributed by atoms with Gasteiger partial charge < -0.3 is 4.90 Å². The highest BCUT2D eigenvalue weighted by Crippen LogP contribution is 2.21. The van der Waals surface area contributed by atoms with E-state index in [0.717, 1.165) is 13.0 Å². The Morgan fingerprint density at radius 2 is 1.70 bits per heavy atom. The summed E-state index contributed by atoms with van der Waals surface area (Å²) in [7, 11) is 2.09. The largest absolute Gasteiger partial charge is 0.303 e. The van der Waals surface area contributed by atoms with Gasteiger partial charge in [-0.05, 0) is 50.5 Å². The van der Waals surface area contributed by atoms with E-state index in [1.807, 2.05) is 0 Å². The highest BCUT2D eigenvalue weighted by Gasteiger charge is 2.15. The van der Waals surface area contributed by atoms with Crippen molar-refractivity contribution in [3.63, 3.8) is 0 Å². The van der Waals surface area contributed by atoms with Gasteiger partial charge in [0.25, 0.3) is 0 Å². The Morgan fingerprint density at radius 3 is 2.26 bits per heavy atom. The summed E-state index contributed by atoms with van der Waals surface area (Å²) >= 11 is 12.0. The first kappa shape index (κ1) is 19.1. The van der Waals surface area contributed by atoms with E-state index in [4.69, 9.17) is 23.2 Å². The molecule has 1 atom stereocenters. The lowest BCUT2D eigenvalue weighted by molar-refractivity contribution is 0.280. The first-order valence-corrected chi connectivity index (χ1v) is 9.95. The number of halogens is 2. The van der Waals surface area contributed by atoms with Crippen LogP contribution in [0.5, 0.6) is 0 Å². The van der Waals surface area contributed by atoms with E-state index in [1.165, 1.54) is 56.4 Å². The van der Waals surface area contributed by atoms with Gasteiger partial charge in [-0.15, -0.1) is 23.2 Å². The average Bonchev–Trinajstić information content (AvgIpc) is 2.84. The Kier molecular flexibility index (Phi) is 8.74. The van der Waals surface area contributed by atoms with E-state index in [9.17, 15) is 0 Å². The Hall–Kier alpha value is -0.280. The van der Waals surface area contributed by atoms with Gasteiger partial charge in [-0.1, -0.05) is 37.1 Å². The van der Waals surface area contributed by atoms with Crippen LogP contribution in [0.1, 0.15) is 42.9 Å². The molecule has 1 fully saturated rings. The molecule has 0 aliphatic carbocycles. The number of nitrogens with zero attached hydrogens (tertiary/aromatic N) is 2. The quantitative estimate of drug-likeness (QED) is 0.630. The Balaban J connectivity index is 1.87. The highest BCUT2D eigenvalue weighted by molar-refractivity contribution is 6.18. The molecule has 1 aliphatic rings. The lowest BCUT2D eigenvalue weighted by atomic mass is 10.0. The van der Waals surface area contributed by atoms with Crippen LogP contribution in [-0.2, 0) is 6.42 Å². The number of likely N-dealkylation sites (tertiary alicyclic amines) is 1. The van der Waals surface area contributed by atoms with Crippen molar-refractivity contribution in [2.45, 2.75) is 38.1 Å². The molecule has 0 bridgehead atoms. The predicted octanol–water partition coefficient (Wildman–Crippen LogP) is 4.56. The molecule has 23 heavy (non-hydrogen) atoms. The maximum Gasteiger partial charge on any atom is 0.0480 e. The van der Waals surface area contributed by atoms with E-state index >= 15 is 0 Å². The summed E-state index contributed by atoms with van der Waals surface area (Å²) in [5, 5.41) is 0. The second kappa shape index (κ2) is 10.6. The molecule has 0 aromatic heterocycles. The van der Waals surface area contributed by atoms with Crippen molar-refractivity contribution < 1.29 is 0 Å². The molecular weight excluding hydrogens is 327 g/mol. The van der Waals surface area contributed by atoms with Gasteiger partial charge in [-0.3, -0.25) is 4.90 Å². The number of benzene rings is 1. The van der Waals surface area contributed by atoms with Gasteiger partial charge >= 0.3 is 0 Å². The monoisotopic (exact) mass is 356 g/mol. The Morgan fingerprint density at radius 1 is 1.04 bits per heavy atom. The predicted molar refractivity (Wildman–Crippen MR) is 102 cm³/mol. The summed E-state index contributed by atoms with van der Waals surface area (Å²) in [6.07, 6.45) is 6.68. The van der Waals surface area contributed by atoms with Crippen LogP contribution >= 0.6 is 23.2 Å². The van der Waals surface area contributed by atoms with E-state index in [1.54, 1.807) is 0 Å². The SMILES string of the molecule is CN(CCCl)C(CCl)c1ccc(CCN2CCCCCC2)cc1. The smallest absolute Gasteiger partial charge is 0.0480 e. The minimum absolute atomic E-state index is 0.245. The van der Waals surface area contributed by atoms with Crippen LogP contribution in [0.25, 0.3) is 0 Å². The normalized spacial score (nSPS) is 18.1. The van der Waals surface area contributed by atoms with E-state index in [-0.39, 0.29) is 6.04 Å². The summed E-state index contributed by atoms with van der Waals surface area (Å²) in [6, 6.07) is 9.24. The number of hydrogen-bond donors (Lipinski definition) is 0. The molecule has 2 rings (SSSR count). The number of rotatable bonds is 8. The standard InChI is InChI=1S/C19H30Cl2N2/c1-22(15-11-20)19(16-21)18-8-6-17(7-9-18)10-14-23-12-4-2-3-5-13-23/h6-9,19H,2-5,10-16H2,1H3. The summed E-state index contributed by atoms with van der Waals surface area (Å²) in [6.45, 7) is 4.59. The van der Waals surface area contributed by atoms with Gasteiger partial charge in [0, 0.05) is 30.9 Å². The van der Waals surface area contributed by atoms with Gasteiger partial charge in [-0.2, -0.15) is 0 Å². The van der Waals surface area contributed by atoms with Crippen molar-refractivity contribution in [1.82, 2.24) is 9.80 Å². The molecule has 0 spiro atoms. The van der Waals surface area contributed by atoms with E-state index in [2.05, 4.69) is 41.1 Å². The minimum atomic E-state index is 0.245. The zero-order valence-electron chi connectivity index (χ0n) is 14.3. The molecular formula is C19H30Cl2N2. The van der Waals surface area contributed by atoms with Crippen molar-refractivity contribution >= 4 is 23.2 Å². The van der Waals surface area contributed by atoms with Gasteiger partial charge in [0.15, 0.2) is 0 Å². The highest BCUT2D eigenvalue weighted by atomic mass is 35.5. The first-order valence-electron chi connectivity index (χ1n) is 8.88. The maximum absolute atomic E-state index is 6.16. The molecule has 1 aliphatic heterocycles. The van der Waals surface area contributed by atoms with Crippen molar-refractivity contribution in [2.75, 3.05) is 45.0 Å². The molecule has 0 saturated carbocycles. The molecule has 1 aromatic carbocycles. The summed E-state index contributed by atoms with van der Waals surface area (Å²) < 4.78 is 0. The lowest BCUT2D eigenvalue weighted by Gasteiger charge is -2.26. The lowest BCUT2D eigenvalue weighted by Crippen LogP contribution is -2.28. The minimum Gasteiger partial charge on any atom is -0.303 e. The van der Waals surface area contributed by atoms with Crippen LogP contribution in [0.15, 0.2) is 24.3 Å². The molecule has 1 heterocycles. The van der Waals surface area contributed by atoms with Crippen molar-refractivity contribution in [3.8, 4) is 0 Å². The zero-order chi connectivity index (χ0) is 16.5. The van der Waals surface area contributed by atoms with Crippen LogP contribution in [0, 0.1) is 0 Å². The molecule has 1 unspecified atom stereocenters. The molecule has 1 aromatic rings. The third-order valence-corrected chi connectivity index (χ3v) is 5.36. The summed E-state index contributed by atoms with van der Waals surface area (Å²) in [5.74, 6) is 1.23. The van der Waals surface area contributed by atoms with Gasteiger partial charge in [0.1, 0.15) is 0 Å². The van der Waals surface area contributed by atoms with Gasteiger partial charge in [-0.25, -0.2) is 0 Å². The van der Waals surface area contributed by atoms with Crippen molar-refractivity contribution in [2.24, 2.45) is 0 Å². The van der Waals surface area contributed by atoms with Crippen LogP contribution in [0.3, 0.4) is 0 Å². The third-order valence-electron chi connectivity index (χ3n) is 4.90. The molecule has 1 saturated heterocycles. The molecule has 130 valence electrons. The van der Waals surface area contributed by atoms with Crippen LogP contribution in [-0.4, -0.2) is 54.8 Å². The molecule has 0 radical (unpaired) electrons. The maximum atomic E-state index is 6.16. The van der Waals surface area contributed by atoms with Crippen molar-refractivity contribution in [3.05, 3.63) is 35.4 Å². The third kappa shape index (κ3) is 6.26. The van der Waals surface area contributed by atoms with Gasteiger partial charge in [0.05, 0.1) is 0 Å². The van der Waals surface area contributed by atoms with Crippen molar-refractivity contribution in [1.29, 1.82) is 0 Å². The molecule has 4 heteroatoms. The Bertz CT molecular complexity index is 428. The number of alkyl halides is 2. The molecule has 0 N–H and O–H groups in total. The van der Waals surface area contributed by atoms with Gasteiger partial charge in [0.2, 0.25) is 0 Å². The van der Waals surface area contributed by atoms with Crippen LogP contribution < -0.4 is 0 Å². The molecule has 0 amide bonds. The second-order valence-corrected chi connectivity index (χ2v) is 7.27. The fourth-order valence-electron chi connectivity index (χ4n) is 3.30. The fourth-order valence-corrected chi connectivity index (χ4v) is 3.98. The summed E-state index contributed by atoms with van der Waals surface area (Å²) in [4.78, 5) is 4.85. The Labute approximate surface area is 151 Å².